The van der Waals surface area contributed by atoms with Crippen LogP contribution in [0.5, 0.6) is 0 Å². The van der Waals surface area contributed by atoms with Crippen molar-refractivity contribution in [3.8, 4) is 5.69 Å². The van der Waals surface area contributed by atoms with Gasteiger partial charge in [0, 0.05) is 30.4 Å². The number of hydrogen-bond donors (Lipinski definition) is 1. The zero-order valence-corrected chi connectivity index (χ0v) is 19.1. The van der Waals surface area contributed by atoms with Gasteiger partial charge in [0.25, 0.3) is 0 Å². The Bertz CT molecular complexity index is 1440. The zero-order valence-electron chi connectivity index (χ0n) is 18.3. The third-order valence-corrected chi connectivity index (χ3v) is 8.08. The van der Waals surface area contributed by atoms with Gasteiger partial charge >= 0.3 is 0 Å². The maximum Gasteiger partial charge on any atom is 0.245 e. The number of anilines is 1. The Kier molecular flexibility index (Phi) is 5.89. The van der Waals surface area contributed by atoms with Gasteiger partial charge in [-0.1, -0.05) is 24.3 Å². The van der Waals surface area contributed by atoms with Crippen molar-refractivity contribution in [1.82, 2.24) is 13.9 Å². The van der Waals surface area contributed by atoms with E-state index >= 15 is 0 Å². The molecule has 0 spiro atoms. The van der Waals surface area contributed by atoms with Crippen molar-refractivity contribution in [2.75, 3.05) is 18.4 Å². The molecule has 3 aromatic carbocycles. The Morgan fingerprint density at radius 3 is 2.35 bits per heavy atom. The molecule has 0 unspecified atom stereocenters. The Labute approximate surface area is 196 Å². The summed E-state index contributed by atoms with van der Waals surface area (Å²) in [6, 6.07) is 20.7. The molecule has 4 aromatic rings. The zero-order chi connectivity index (χ0) is 23.7. The SMILES string of the molecule is O=C(Nc1ccc(-n2cnc3ccccc32)cc1)C1CCN(S(=O)(=O)c2ccccc2F)CC1. The summed E-state index contributed by atoms with van der Waals surface area (Å²) < 4.78 is 42.8. The number of imidazole rings is 1. The second-order valence-corrected chi connectivity index (χ2v) is 10.2. The van der Waals surface area contributed by atoms with Crippen LogP contribution in [-0.2, 0) is 14.8 Å². The van der Waals surface area contributed by atoms with E-state index < -0.39 is 15.8 Å². The summed E-state index contributed by atoms with van der Waals surface area (Å²) in [5, 5.41) is 2.92. The fourth-order valence-corrected chi connectivity index (χ4v) is 5.80. The van der Waals surface area contributed by atoms with Crippen LogP contribution in [0.2, 0.25) is 0 Å². The number of hydrogen-bond acceptors (Lipinski definition) is 4. The molecule has 7 nitrogen and oxygen atoms in total. The number of benzene rings is 3. The number of carbonyl (C=O) groups is 1. The molecule has 0 atom stereocenters. The Morgan fingerprint density at radius 1 is 0.941 bits per heavy atom. The predicted octanol–water partition coefficient (Wildman–Crippen LogP) is 4.20. The van der Waals surface area contributed by atoms with Gasteiger partial charge in [-0.15, -0.1) is 0 Å². The molecular weight excluding hydrogens is 455 g/mol. The average molecular weight is 479 g/mol. The number of piperidine rings is 1. The van der Waals surface area contributed by atoms with Crippen molar-refractivity contribution in [2.24, 2.45) is 5.92 Å². The number of fused-ring (bicyclic) bond motifs is 1. The average Bonchev–Trinajstić information content (AvgIpc) is 3.29. The lowest BCUT2D eigenvalue weighted by atomic mass is 9.97. The maximum atomic E-state index is 14.0. The third kappa shape index (κ3) is 4.20. The van der Waals surface area contributed by atoms with Gasteiger partial charge in [-0.3, -0.25) is 9.36 Å². The van der Waals surface area contributed by atoms with Crippen molar-refractivity contribution in [2.45, 2.75) is 17.7 Å². The summed E-state index contributed by atoms with van der Waals surface area (Å²) in [7, 11) is -3.92. The largest absolute Gasteiger partial charge is 0.326 e. The highest BCUT2D eigenvalue weighted by atomic mass is 32.2. The maximum absolute atomic E-state index is 14.0. The molecule has 5 rings (SSSR count). The molecule has 1 aromatic heterocycles. The molecule has 1 fully saturated rings. The van der Waals surface area contributed by atoms with E-state index in [-0.39, 0.29) is 29.8 Å². The van der Waals surface area contributed by atoms with Crippen LogP contribution >= 0.6 is 0 Å². The molecule has 1 amide bonds. The van der Waals surface area contributed by atoms with Crippen LogP contribution in [0.3, 0.4) is 0 Å². The lowest BCUT2D eigenvalue weighted by molar-refractivity contribution is -0.120. The smallest absolute Gasteiger partial charge is 0.245 e. The predicted molar refractivity (Wildman–Crippen MR) is 128 cm³/mol. The monoisotopic (exact) mass is 478 g/mol. The molecule has 2 heterocycles. The van der Waals surface area contributed by atoms with E-state index in [1.165, 1.54) is 22.5 Å². The van der Waals surface area contributed by atoms with Crippen LogP contribution in [0.1, 0.15) is 12.8 Å². The summed E-state index contributed by atoms with van der Waals surface area (Å²) in [6.07, 6.45) is 2.51. The van der Waals surface area contributed by atoms with Gasteiger partial charge in [0.15, 0.2) is 0 Å². The fraction of sp³-hybridized carbons (Fsp3) is 0.200. The molecule has 34 heavy (non-hydrogen) atoms. The van der Waals surface area contributed by atoms with Crippen LogP contribution in [0.25, 0.3) is 16.7 Å². The first-order valence-corrected chi connectivity index (χ1v) is 12.5. The van der Waals surface area contributed by atoms with Crippen LogP contribution < -0.4 is 5.32 Å². The number of nitrogens with one attached hydrogen (secondary N) is 1. The molecule has 9 heteroatoms. The molecule has 174 valence electrons. The first kappa shape index (κ1) is 22.2. The number of carbonyl (C=O) groups excluding carboxylic acids is 1. The number of rotatable bonds is 5. The van der Waals surface area contributed by atoms with Gasteiger partial charge in [0.05, 0.1) is 11.0 Å². The highest BCUT2D eigenvalue weighted by Crippen LogP contribution is 2.26. The summed E-state index contributed by atoms with van der Waals surface area (Å²) >= 11 is 0. The van der Waals surface area contributed by atoms with E-state index in [2.05, 4.69) is 10.3 Å². The fourth-order valence-electron chi connectivity index (χ4n) is 4.27. The van der Waals surface area contributed by atoms with Gasteiger partial charge in [-0.05, 0) is 61.4 Å². The molecule has 0 radical (unpaired) electrons. The van der Waals surface area contributed by atoms with Gasteiger partial charge in [0.2, 0.25) is 15.9 Å². The first-order chi connectivity index (χ1) is 16.4. The summed E-state index contributed by atoms with van der Waals surface area (Å²) in [4.78, 5) is 16.9. The number of amides is 1. The molecule has 0 aliphatic carbocycles. The summed E-state index contributed by atoms with van der Waals surface area (Å²) in [6.45, 7) is 0.336. The van der Waals surface area contributed by atoms with E-state index in [0.717, 1.165) is 22.8 Å². The Morgan fingerprint density at radius 2 is 1.62 bits per heavy atom. The van der Waals surface area contributed by atoms with Crippen molar-refractivity contribution in [3.63, 3.8) is 0 Å². The minimum atomic E-state index is -3.92. The highest BCUT2D eigenvalue weighted by Gasteiger charge is 2.33. The van der Waals surface area contributed by atoms with Gasteiger partial charge in [0.1, 0.15) is 17.0 Å². The highest BCUT2D eigenvalue weighted by molar-refractivity contribution is 7.89. The number of nitrogens with zero attached hydrogens (tertiary/aromatic N) is 3. The lowest BCUT2D eigenvalue weighted by Crippen LogP contribution is -2.41. The van der Waals surface area contributed by atoms with Crippen LogP contribution in [-0.4, -0.2) is 41.3 Å². The quantitative estimate of drug-likeness (QED) is 0.466. The van der Waals surface area contributed by atoms with Gasteiger partial charge in [-0.2, -0.15) is 4.31 Å². The lowest BCUT2D eigenvalue weighted by Gasteiger charge is -2.30. The molecule has 1 aliphatic rings. The minimum Gasteiger partial charge on any atom is -0.326 e. The number of aromatic nitrogens is 2. The molecule has 0 bridgehead atoms. The van der Waals surface area contributed by atoms with E-state index in [0.29, 0.717) is 18.5 Å². The van der Waals surface area contributed by atoms with Gasteiger partial charge < -0.3 is 5.32 Å². The van der Waals surface area contributed by atoms with Crippen molar-refractivity contribution >= 4 is 32.7 Å². The van der Waals surface area contributed by atoms with Crippen LogP contribution in [0.4, 0.5) is 10.1 Å². The molecule has 1 aliphatic heterocycles. The molecular formula is C25H23FN4O3S. The summed E-state index contributed by atoms with van der Waals surface area (Å²) in [5.41, 5.74) is 3.50. The number of para-hydroxylation sites is 2. The third-order valence-electron chi connectivity index (χ3n) is 6.15. The van der Waals surface area contributed by atoms with Crippen molar-refractivity contribution in [1.29, 1.82) is 0 Å². The number of sulfonamides is 1. The molecule has 1 N–H and O–H groups in total. The van der Waals surface area contributed by atoms with Crippen LogP contribution in [0, 0.1) is 11.7 Å². The Hall–Kier alpha value is -3.56. The topological polar surface area (TPSA) is 84.3 Å². The van der Waals surface area contributed by atoms with Crippen molar-refractivity contribution in [3.05, 3.63) is 84.9 Å². The normalized spacial score (nSPS) is 15.4. The van der Waals surface area contributed by atoms with Crippen LogP contribution in [0.15, 0.2) is 84.0 Å². The minimum absolute atomic E-state index is 0.149. The van der Waals surface area contributed by atoms with E-state index in [1.807, 2.05) is 53.1 Å². The summed E-state index contributed by atoms with van der Waals surface area (Å²) in [5.74, 6) is -1.23. The van der Waals surface area contributed by atoms with E-state index in [9.17, 15) is 17.6 Å². The second kappa shape index (κ2) is 9.00. The van der Waals surface area contributed by atoms with E-state index in [4.69, 9.17) is 0 Å². The second-order valence-electron chi connectivity index (χ2n) is 8.25. The standard InChI is InChI=1S/C25H23FN4O3S/c26-21-5-1-4-8-24(21)34(32,33)29-15-13-18(14-16-29)25(31)28-19-9-11-20(12-10-19)30-17-27-22-6-2-3-7-23(22)30/h1-12,17-18H,13-16H2,(H,28,31). The van der Waals surface area contributed by atoms with E-state index in [1.54, 1.807) is 6.33 Å². The Balaban J connectivity index is 1.22. The first-order valence-electron chi connectivity index (χ1n) is 11.0. The molecule has 0 saturated carbocycles. The van der Waals surface area contributed by atoms with Crippen molar-refractivity contribution < 1.29 is 17.6 Å². The molecule has 1 saturated heterocycles. The van der Waals surface area contributed by atoms with Gasteiger partial charge in [-0.25, -0.2) is 17.8 Å². The number of halogens is 1.